The number of likely N-dealkylation sites (N-methyl/N-ethyl adjacent to an activating group) is 1. The molecule has 0 aromatic heterocycles. The molecule has 1 aromatic rings. The van der Waals surface area contributed by atoms with Gasteiger partial charge in [0, 0.05) is 37.8 Å². The average Bonchev–Trinajstić information content (AvgIpc) is 2.35. The minimum Gasteiger partial charge on any atom is -0.508 e. The third-order valence-electron chi connectivity index (χ3n) is 3.53. The quantitative estimate of drug-likeness (QED) is 0.852. The summed E-state index contributed by atoms with van der Waals surface area (Å²) >= 11 is 0. The molecule has 0 spiro atoms. The topological polar surface area (TPSA) is 38.7 Å². The van der Waals surface area contributed by atoms with E-state index in [4.69, 9.17) is 0 Å². The van der Waals surface area contributed by atoms with Crippen LogP contribution in [0.1, 0.15) is 24.1 Å². The molecule has 1 saturated heterocycles. The lowest BCUT2D eigenvalue weighted by Crippen LogP contribution is -2.51. The minimum absolute atomic E-state index is 0.133. The molecule has 1 aromatic carbocycles. The molecule has 4 heteroatoms. The maximum atomic E-state index is 9.91. The second-order valence-electron chi connectivity index (χ2n) is 5.20. The first-order chi connectivity index (χ1) is 8.56. The van der Waals surface area contributed by atoms with Gasteiger partial charge in [0.25, 0.3) is 0 Å². The standard InChI is InChI=1S/C14H23N3O/c1-11-4-5-14(18)13(10-11)12(2)15-17-8-6-16(3)7-9-17/h4-5,10,12,15,18H,6-9H2,1-3H3. The number of benzene rings is 1. The van der Waals surface area contributed by atoms with Gasteiger partial charge < -0.3 is 10.0 Å². The van der Waals surface area contributed by atoms with Gasteiger partial charge in [-0.1, -0.05) is 17.7 Å². The molecule has 1 aliphatic heterocycles. The van der Waals surface area contributed by atoms with Crippen LogP contribution in [0.25, 0.3) is 0 Å². The molecule has 0 radical (unpaired) electrons. The van der Waals surface area contributed by atoms with E-state index in [2.05, 4.69) is 29.3 Å². The van der Waals surface area contributed by atoms with Gasteiger partial charge in [0.15, 0.2) is 0 Å². The van der Waals surface area contributed by atoms with Gasteiger partial charge in [0.05, 0.1) is 0 Å². The Morgan fingerprint density at radius 2 is 1.89 bits per heavy atom. The van der Waals surface area contributed by atoms with E-state index < -0.39 is 0 Å². The largest absolute Gasteiger partial charge is 0.508 e. The highest BCUT2D eigenvalue weighted by Crippen LogP contribution is 2.25. The van der Waals surface area contributed by atoms with Gasteiger partial charge in [-0.15, -0.1) is 0 Å². The zero-order valence-corrected chi connectivity index (χ0v) is 11.5. The summed E-state index contributed by atoms with van der Waals surface area (Å²) in [6, 6.07) is 5.88. The second-order valence-corrected chi connectivity index (χ2v) is 5.20. The van der Waals surface area contributed by atoms with Crippen molar-refractivity contribution in [2.75, 3.05) is 33.2 Å². The van der Waals surface area contributed by atoms with Crippen LogP contribution in [-0.4, -0.2) is 48.2 Å². The number of nitrogens with one attached hydrogen (secondary N) is 1. The fourth-order valence-corrected chi connectivity index (χ4v) is 2.30. The molecular formula is C14H23N3O. The van der Waals surface area contributed by atoms with Crippen molar-refractivity contribution in [2.45, 2.75) is 19.9 Å². The Hall–Kier alpha value is -1.10. The molecule has 4 nitrogen and oxygen atoms in total. The highest BCUT2D eigenvalue weighted by Gasteiger charge is 2.17. The number of phenols is 1. The monoisotopic (exact) mass is 249 g/mol. The summed E-state index contributed by atoms with van der Waals surface area (Å²) < 4.78 is 0. The van der Waals surface area contributed by atoms with Crippen LogP contribution in [0, 0.1) is 6.92 Å². The van der Waals surface area contributed by atoms with Gasteiger partial charge in [-0.3, -0.25) is 0 Å². The van der Waals surface area contributed by atoms with E-state index in [1.54, 1.807) is 6.07 Å². The Bertz CT molecular complexity index is 400. The van der Waals surface area contributed by atoms with E-state index in [1.165, 1.54) is 5.56 Å². The van der Waals surface area contributed by atoms with Crippen LogP contribution in [0.2, 0.25) is 0 Å². The van der Waals surface area contributed by atoms with Crippen LogP contribution in [-0.2, 0) is 0 Å². The molecule has 1 fully saturated rings. The molecule has 1 atom stereocenters. The van der Waals surface area contributed by atoms with E-state index in [-0.39, 0.29) is 6.04 Å². The van der Waals surface area contributed by atoms with Gasteiger partial charge in [-0.2, -0.15) is 0 Å². The predicted molar refractivity (Wildman–Crippen MR) is 73.5 cm³/mol. The van der Waals surface area contributed by atoms with Crippen molar-refractivity contribution in [1.82, 2.24) is 15.3 Å². The number of hydrogen-bond donors (Lipinski definition) is 2. The third kappa shape index (κ3) is 3.22. The first kappa shape index (κ1) is 13.3. The summed E-state index contributed by atoms with van der Waals surface area (Å²) in [4.78, 5) is 2.33. The van der Waals surface area contributed by atoms with Crippen molar-refractivity contribution in [3.63, 3.8) is 0 Å². The number of nitrogens with zero attached hydrogens (tertiary/aromatic N) is 2. The average molecular weight is 249 g/mol. The van der Waals surface area contributed by atoms with E-state index >= 15 is 0 Å². The number of aromatic hydroxyl groups is 1. The van der Waals surface area contributed by atoms with Gasteiger partial charge in [-0.05, 0) is 27.0 Å². The van der Waals surface area contributed by atoms with Crippen LogP contribution in [0.3, 0.4) is 0 Å². The minimum atomic E-state index is 0.133. The van der Waals surface area contributed by atoms with Gasteiger partial charge in [-0.25, -0.2) is 10.4 Å². The molecule has 1 aliphatic rings. The maximum Gasteiger partial charge on any atom is 0.120 e. The number of hydrazine groups is 1. The van der Waals surface area contributed by atoms with Crippen molar-refractivity contribution in [3.8, 4) is 5.75 Å². The number of aryl methyl sites for hydroxylation is 1. The van der Waals surface area contributed by atoms with Gasteiger partial charge >= 0.3 is 0 Å². The first-order valence-electron chi connectivity index (χ1n) is 6.55. The van der Waals surface area contributed by atoms with E-state index in [0.717, 1.165) is 31.7 Å². The summed E-state index contributed by atoms with van der Waals surface area (Å²) in [5, 5.41) is 12.2. The SMILES string of the molecule is Cc1ccc(O)c(C(C)NN2CCN(C)CC2)c1. The Kier molecular flexibility index (Phi) is 4.22. The molecule has 0 saturated carbocycles. The zero-order valence-electron chi connectivity index (χ0n) is 11.5. The number of phenolic OH excluding ortho intramolecular Hbond substituents is 1. The second kappa shape index (κ2) is 5.69. The number of rotatable bonds is 3. The lowest BCUT2D eigenvalue weighted by Gasteiger charge is -2.34. The van der Waals surface area contributed by atoms with Crippen LogP contribution >= 0.6 is 0 Å². The third-order valence-corrected chi connectivity index (χ3v) is 3.53. The van der Waals surface area contributed by atoms with Crippen LogP contribution in [0.15, 0.2) is 18.2 Å². The fourth-order valence-electron chi connectivity index (χ4n) is 2.30. The lowest BCUT2D eigenvalue weighted by molar-refractivity contribution is 0.0894. The molecule has 1 unspecified atom stereocenters. The first-order valence-corrected chi connectivity index (χ1v) is 6.55. The van der Waals surface area contributed by atoms with Crippen LogP contribution in [0.4, 0.5) is 0 Å². The van der Waals surface area contributed by atoms with Crippen molar-refractivity contribution in [3.05, 3.63) is 29.3 Å². The maximum absolute atomic E-state index is 9.91. The summed E-state index contributed by atoms with van der Waals surface area (Å²) in [6.45, 7) is 8.35. The fraction of sp³-hybridized carbons (Fsp3) is 0.571. The highest BCUT2D eigenvalue weighted by atomic mass is 16.3. The highest BCUT2D eigenvalue weighted by molar-refractivity contribution is 5.37. The molecule has 0 amide bonds. The molecule has 18 heavy (non-hydrogen) atoms. The van der Waals surface area contributed by atoms with Crippen molar-refractivity contribution >= 4 is 0 Å². The molecule has 0 bridgehead atoms. The van der Waals surface area contributed by atoms with E-state index in [9.17, 15) is 5.11 Å². The normalized spacial score (nSPS) is 19.9. The summed E-state index contributed by atoms with van der Waals surface area (Å²) in [7, 11) is 2.15. The van der Waals surface area contributed by atoms with Crippen LogP contribution < -0.4 is 5.43 Å². The van der Waals surface area contributed by atoms with E-state index in [0.29, 0.717) is 5.75 Å². The van der Waals surface area contributed by atoms with E-state index in [1.807, 2.05) is 19.1 Å². The van der Waals surface area contributed by atoms with Gasteiger partial charge in [0.1, 0.15) is 5.75 Å². The lowest BCUT2D eigenvalue weighted by atomic mass is 10.1. The molecule has 2 rings (SSSR count). The Balaban J connectivity index is 1.98. The zero-order chi connectivity index (χ0) is 13.1. The molecule has 2 N–H and O–H groups in total. The Morgan fingerprint density at radius 3 is 2.56 bits per heavy atom. The van der Waals surface area contributed by atoms with Crippen molar-refractivity contribution < 1.29 is 5.11 Å². The summed E-state index contributed by atoms with van der Waals surface area (Å²) in [5.74, 6) is 0.370. The van der Waals surface area contributed by atoms with Gasteiger partial charge in [0.2, 0.25) is 0 Å². The molecule has 0 aliphatic carbocycles. The molecule has 100 valence electrons. The Morgan fingerprint density at radius 1 is 1.22 bits per heavy atom. The Labute approximate surface area is 109 Å². The summed E-state index contributed by atoms with van der Waals surface area (Å²) in [5.41, 5.74) is 5.61. The van der Waals surface area contributed by atoms with Crippen LogP contribution in [0.5, 0.6) is 5.75 Å². The smallest absolute Gasteiger partial charge is 0.120 e. The molecular weight excluding hydrogens is 226 g/mol. The number of piperazine rings is 1. The molecule has 1 heterocycles. The van der Waals surface area contributed by atoms with Crippen molar-refractivity contribution in [2.24, 2.45) is 0 Å². The van der Waals surface area contributed by atoms with Crippen molar-refractivity contribution in [1.29, 1.82) is 0 Å². The number of hydrogen-bond acceptors (Lipinski definition) is 4. The predicted octanol–water partition coefficient (Wildman–Crippen LogP) is 1.51. The summed E-state index contributed by atoms with van der Waals surface area (Å²) in [6.07, 6.45) is 0.